The van der Waals surface area contributed by atoms with Crippen LogP contribution in [0.3, 0.4) is 0 Å². The Morgan fingerprint density at radius 3 is 2.52 bits per heavy atom. The summed E-state index contributed by atoms with van der Waals surface area (Å²) in [6, 6.07) is 4.64. The minimum absolute atomic E-state index is 0.135. The fourth-order valence-electron chi connectivity index (χ4n) is 2.20. The Labute approximate surface area is 130 Å². The highest BCUT2D eigenvalue weighted by Crippen LogP contribution is 2.21. The Bertz CT molecular complexity index is 518. The van der Waals surface area contributed by atoms with E-state index >= 15 is 0 Å². The van der Waals surface area contributed by atoms with Gasteiger partial charge in [-0.2, -0.15) is 0 Å². The van der Waals surface area contributed by atoms with Gasteiger partial charge in [0.2, 0.25) is 11.8 Å². The summed E-state index contributed by atoms with van der Waals surface area (Å²) < 4.78 is 0. The predicted octanol–water partition coefficient (Wildman–Crippen LogP) is 2.39. The highest BCUT2D eigenvalue weighted by Gasteiger charge is 2.15. The topological polar surface area (TPSA) is 98.2 Å². The van der Waals surface area contributed by atoms with Gasteiger partial charge in [0.05, 0.1) is 10.6 Å². The second kappa shape index (κ2) is 8.00. The van der Waals surface area contributed by atoms with Gasteiger partial charge < -0.3 is 16.8 Å². The van der Waals surface area contributed by atoms with Crippen LogP contribution in [0.2, 0.25) is 5.02 Å². The third kappa shape index (κ3) is 5.73. The maximum atomic E-state index is 12.0. The maximum absolute atomic E-state index is 12.0. The van der Waals surface area contributed by atoms with Gasteiger partial charge in [0.1, 0.15) is 0 Å². The zero-order valence-electron chi connectivity index (χ0n) is 12.4. The molecule has 0 aliphatic carbocycles. The van der Waals surface area contributed by atoms with Crippen molar-refractivity contribution in [2.45, 2.75) is 26.7 Å². The highest BCUT2D eigenvalue weighted by atomic mass is 35.5. The van der Waals surface area contributed by atoms with Crippen LogP contribution < -0.4 is 16.8 Å². The summed E-state index contributed by atoms with van der Waals surface area (Å²) in [6.45, 7) is 4.66. The van der Waals surface area contributed by atoms with Gasteiger partial charge in [0.25, 0.3) is 0 Å². The molecule has 0 saturated heterocycles. The molecule has 116 valence electrons. The molecule has 0 aromatic heterocycles. The number of nitrogens with one attached hydrogen (secondary N) is 1. The van der Waals surface area contributed by atoms with E-state index in [9.17, 15) is 9.59 Å². The first-order chi connectivity index (χ1) is 9.83. The van der Waals surface area contributed by atoms with Crippen LogP contribution in [0.4, 0.5) is 5.69 Å². The summed E-state index contributed by atoms with van der Waals surface area (Å²) in [5, 5.41) is 3.01. The fraction of sp³-hybridized carbons (Fsp3) is 0.467. The lowest BCUT2D eigenvalue weighted by atomic mass is 9.94. The minimum Gasteiger partial charge on any atom is -0.366 e. The van der Waals surface area contributed by atoms with Crippen molar-refractivity contribution in [1.29, 1.82) is 0 Å². The van der Waals surface area contributed by atoms with E-state index in [1.807, 2.05) is 0 Å². The standard InChI is InChI=1S/C15H22ClN3O2/c1-9(2)5-10(8-17)6-14(20)19-11-3-4-13(16)12(7-11)15(18)21/h3-4,7,9-10H,5-6,8,17H2,1-2H3,(H2,18,21)(H,19,20)/t10-/m0/s1. The van der Waals surface area contributed by atoms with E-state index in [1.54, 1.807) is 6.07 Å². The molecule has 0 aliphatic rings. The quantitative estimate of drug-likeness (QED) is 0.721. The molecule has 0 heterocycles. The number of benzene rings is 1. The maximum Gasteiger partial charge on any atom is 0.250 e. The molecule has 1 aromatic carbocycles. The van der Waals surface area contributed by atoms with Crippen LogP contribution in [0.15, 0.2) is 18.2 Å². The van der Waals surface area contributed by atoms with Gasteiger partial charge in [-0.05, 0) is 43.0 Å². The number of halogens is 1. The van der Waals surface area contributed by atoms with Crippen LogP contribution >= 0.6 is 11.6 Å². The third-order valence-corrected chi connectivity index (χ3v) is 3.46. The molecular formula is C15H22ClN3O2. The molecule has 1 rings (SSSR count). The van der Waals surface area contributed by atoms with Crippen molar-refractivity contribution in [3.05, 3.63) is 28.8 Å². The molecule has 0 unspecified atom stereocenters. The van der Waals surface area contributed by atoms with Crippen molar-refractivity contribution in [2.75, 3.05) is 11.9 Å². The molecule has 0 bridgehead atoms. The number of carbonyl (C=O) groups is 2. The lowest BCUT2D eigenvalue weighted by Crippen LogP contribution is -2.23. The molecule has 21 heavy (non-hydrogen) atoms. The third-order valence-electron chi connectivity index (χ3n) is 3.13. The summed E-state index contributed by atoms with van der Waals surface area (Å²) in [5.41, 5.74) is 11.6. The van der Waals surface area contributed by atoms with Crippen molar-refractivity contribution >= 4 is 29.1 Å². The monoisotopic (exact) mass is 311 g/mol. The van der Waals surface area contributed by atoms with Crippen LogP contribution in [0, 0.1) is 11.8 Å². The molecule has 1 aromatic rings. The Morgan fingerprint density at radius 1 is 1.33 bits per heavy atom. The summed E-state index contributed by atoms with van der Waals surface area (Å²) >= 11 is 5.86. The van der Waals surface area contributed by atoms with E-state index in [0.29, 0.717) is 24.6 Å². The van der Waals surface area contributed by atoms with Crippen LogP contribution in [-0.4, -0.2) is 18.4 Å². The average molecular weight is 312 g/mol. The van der Waals surface area contributed by atoms with Gasteiger partial charge >= 0.3 is 0 Å². The Hall–Kier alpha value is -1.59. The summed E-state index contributed by atoms with van der Waals surface area (Å²) in [4.78, 5) is 23.2. The first kappa shape index (κ1) is 17.5. The van der Waals surface area contributed by atoms with Crippen LogP contribution in [0.1, 0.15) is 37.0 Å². The SMILES string of the molecule is CC(C)C[C@H](CN)CC(=O)Nc1ccc(Cl)c(C(N)=O)c1. The predicted molar refractivity (Wildman–Crippen MR) is 85.2 cm³/mol. The molecule has 0 spiro atoms. The number of hydrogen-bond acceptors (Lipinski definition) is 3. The van der Waals surface area contributed by atoms with Crippen LogP contribution in [0.5, 0.6) is 0 Å². The van der Waals surface area contributed by atoms with E-state index in [2.05, 4.69) is 19.2 Å². The van der Waals surface area contributed by atoms with Gasteiger partial charge in [-0.25, -0.2) is 0 Å². The molecule has 0 aliphatic heterocycles. The molecule has 5 nitrogen and oxygen atoms in total. The van der Waals surface area contributed by atoms with Gasteiger partial charge in [-0.1, -0.05) is 25.4 Å². The van der Waals surface area contributed by atoms with E-state index < -0.39 is 5.91 Å². The number of rotatable bonds is 7. The van der Waals surface area contributed by atoms with Crippen molar-refractivity contribution in [3.63, 3.8) is 0 Å². The molecule has 5 N–H and O–H groups in total. The zero-order chi connectivity index (χ0) is 16.0. The minimum atomic E-state index is -0.629. The van der Waals surface area contributed by atoms with Crippen molar-refractivity contribution in [1.82, 2.24) is 0 Å². The Morgan fingerprint density at radius 2 is 2.00 bits per heavy atom. The number of hydrogen-bond donors (Lipinski definition) is 3. The average Bonchev–Trinajstić information content (AvgIpc) is 2.39. The number of nitrogens with two attached hydrogens (primary N) is 2. The molecule has 6 heteroatoms. The fourth-order valence-corrected chi connectivity index (χ4v) is 2.41. The Balaban J connectivity index is 2.70. The molecule has 1 atom stereocenters. The lowest BCUT2D eigenvalue weighted by molar-refractivity contribution is -0.117. The zero-order valence-corrected chi connectivity index (χ0v) is 13.1. The summed E-state index contributed by atoms with van der Waals surface area (Å²) in [7, 11) is 0. The van der Waals surface area contributed by atoms with Gasteiger partial charge in [-0.3, -0.25) is 9.59 Å². The smallest absolute Gasteiger partial charge is 0.250 e. The number of amides is 2. The van der Waals surface area contributed by atoms with Crippen LogP contribution in [-0.2, 0) is 4.79 Å². The first-order valence-electron chi connectivity index (χ1n) is 6.92. The molecule has 0 radical (unpaired) electrons. The number of carbonyl (C=O) groups excluding carboxylic acids is 2. The largest absolute Gasteiger partial charge is 0.366 e. The molecule has 0 saturated carbocycles. The number of anilines is 1. The summed E-state index contributed by atoms with van der Waals surface area (Å²) in [5.74, 6) is -0.129. The first-order valence-corrected chi connectivity index (χ1v) is 7.30. The van der Waals surface area contributed by atoms with E-state index in [4.69, 9.17) is 23.1 Å². The van der Waals surface area contributed by atoms with Gasteiger partial charge in [-0.15, -0.1) is 0 Å². The van der Waals surface area contributed by atoms with Crippen molar-refractivity contribution < 1.29 is 9.59 Å². The lowest BCUT2D eigenvalue weighted by Gasteiger charge is -2.16. The summed E-state index contributed by atoms with van der Waals surface area (Å²) in [6.07, 6.45) is 1.25. The van der Waals surface area contributed by atoms with Crippen molar-refractivity contribution in [3.8, 4) is 0 Å². The Kier molecular flexibility index (Phi) is 6.65. The second-order valence-corrected chi connectivity index (χ2v) is 5.95. The van der Waals surface area contributed by atoms with Gasteiger partial charge in [0, 0.05) is 12.1 Å². The highest BCUT2D eigenvalue weighted by molar-refractivity contribution is 6.33. The van der Waals surface area contributed by atoms with Crippen molar-refractivity contribution in [2.24, 2.45) is 23.3 Å². The molecule has 0 fully saturated rings. The normalized spacial score (nSPS) is 12.2. The van der Waals surface area contributed by atoms with E-state index in [1.165, 1.54) is 12.1 Å². The van der Waals surface area contributed by atoms with Gasteiger partial charge in [0.15, 0.2) is 0 Å². The molecular weight excluding hydrogens is 290 g/mol. The molecule has 2 amide bonds. The van der Waals surface area contributed by atoms with E-state index in [0.717, 1.165) is 6.42 Å². The van der Waals surface area contributed by atoms with E-state index in [-0.39, 0.29) is 22.4 Å². The second-order valence-electron chi connectivity index (χ2n) is 5.54. The van der Waals surface area contributed by atoms with Crippen LogP contribution in [0.25, 0.3) is 0 Å². The number of primary amides is 1.